The molecular weight excluding hydrogens is 328 g/mol. The lowest BCUT2D eigenvalue weighted by Crippen LogP contribution is -2.20. The van der Waals surface area contributed by atoms with Crippen molar-refractivity contribution in [3.63, 3.8) is 0 Å². The van der Waals surface area contributed by atoms with Gasteiger partial charge in [0.15, 0.2) is 0 Å². The van der Waals surface area contributed by atoms with Crippen LogP contribution >= 0.6 is 15.9 Å². The van der Waals surface area contributed by atoms with Crippen LogP contribution < -0.4 is 10.2 Å². The zero-order chi connectivity index (χ0) is 15.1. The van der Waals surface area contributed by atoms with Crippen molar-refractivity contribution in [1.82, 2.24) is 15.3 Å². The third-order valence-electron chi connectivity index (χ3n) is 3.10. The van der Waals surface area contributed by atoms with Gasteiger partial charge in [0.2, 0.25) is 5.95 Å². The van der Waals surface area contributed by atoms with Gasteiger partial charge in [-0.15, -0.1) is 0 Å². The second kappa shape index (κ2) is 8.10. The highest BCUT2D eigenvalue weighted by molar-refractivity contribution is 9.10. The van der Waals surface area contributed by atoms with E-state index in [-0.39, 0.29) is 0 Å². The SMILES string of the molecule is CCCNCc1cnc(N(C)Cc2cccc(Br)c2)nc1. The Balaban J connectivity index is 1.94. The minimum Gasteiger partial charge on any atom is -0.340 e. The summed E-state index contributed by atoms with van der Waals surface area (Å²) < 4.78 is 1.09. The molecule has 0 aliphatic carbocycles. The Morgan fingerprint density at radius 1 is 1.19 bits per heavy atom. The van der Waals surface area contributed by atoms with E-state index >= 15 is 0 Å². The number of nitrogens with one attached hydrogen (secondary N) is 1. The molecule has 1 aromatic carbocycles. The molecule has 0 fully saturated rings. The van der Waals surface area contributed by atoms with Gasteiger partial charge in [0.05, 0.1) is 0 Å². The van der Waals surface area contributed by atoms with Crippen molar-refractivity contribution in [2.45, 2.75) is 26.4 Å². The van der Waals surface area contributed by atoms with E-state index in [0.717, 1.165) is 42.0 Å². The summed E-state index contributed by atoms with van der Waals surface area (Å²) in [6.45, 7) is 4.78. The number of aromatic nitrogens is 2. The van der Waals surface area contributed by atoms with Crippen LogP contribution in [0, 0.1) is 0 Å². The Hall–Kier alpha value is -1.46. The maximum absolute atomic E-state index is 4.44. The summed E-state index contributed by atoms with van der Waals surface area (Å²) in [7, 11) is 2.01. The van der Waals surface area contributed by atoms with Gasteiger partial charge in [-0.05, 0) is 30.7 Å². The van der Waals surface area contributed by atoms with E-state index in [1.165, 1.54) is 5.56 Å². The highest BCUT2D eigenvalue weighted by Gasteiger charge is 2.05. The first-order chi connectivity index (χ1) is 10.2. The molecule has 1 heterocycles. The molecule has 5 heteroatoms. The van der Waals surface area contributed by atoms with Crippen LogP contribution in [0.4, 0.5) is 5.95 Å². The largest absolute Gasteiger partial charge is 0.340 e. The van der Waals surface area contributed by atoms with Gasteiger partial charge in [-0.25, -0.2) is 9.97 Å². The monoisotopic (exact) mass is 348 g/mol. The minimum atomic E-state index is 0.745. The molecule has 0 saturated carbocycles. The van der Waals surface area contributed by atoms with E-state index in [1.54, 1.807) is 0 Å². The average Bonchev–Trinajstić information content (AvgIpc) is 2.48. The maximum atomic E-state index is 4.44. The standard InChI is InChI=1S/C16H21BrN4/c1-3-7-18-9-14-10-19-16(20-11-14)21(2)12-13-5-4-6-15(17)8-13/h4-6,8,10-11,18H,3,7,9,12H2,1-2H3. The first-order valence-electron chi connectivity index (χ1n) is 7.16. The smallest absolute Gasteiger partial charge is 0.225 e. The predicted octanol–water partition coefficient (Wildman–Crippen LogP) is 3.38. The van der Waals surface area contributed by atoms with Crippen LogP contribution in [0.15, 0.2) is 41.1 Å². The van der Waals surface area contributed by atoms with Crippen LogP contribution in [0.2, 0.25) is 0 Å². The summed E-state index contributed by atoms with van der Waals surface area (Å²) in [6, 6.07) is 8.28. The number of halogens is 1. The molecule has 0 bridgehead atoms. The van der Waals surface area contributed by atoms with Crippen molar-refractivity contribution in [3.8, 4) is 0 Å². The molecule has 0 amide bonds. The Kier molecular flexibility index (Phi) is 6.14. The van der Waals surface area contributed by atoms with Gasteiger partial charge in [-0.2, -0.15) is 0 Å². The number of hydrogen-bond acceptors (Lipinski definition) is 4. The van der Waals surface area contributed by atoms with Crippen molar-refractivity contribution in [3.05, 3.63) is 52.3 Å². The number of hydrogen-bond donors (Lipinski definition) is 1. The molecule has 1 aromatic heterocycles. The molecule has 0 spiro atoms. The zero-order valence-corrected chi connectivity index (χ0v) is 14.1. The van der Waals surface area contributed by atoms with Crippen LogP contribution in [0.25, 0.3) is 0 Å². The van der Waals surface area contributed by atoms with E-state index < -0.39 is 0 Å². The molecule has 21 heavy (non-hydrogen) atoms. The molecular formula is C16H21BrN4. The van der Waals surface area contributed by atoms with E-state index in [9.17, 15) is 0 Å². The zero-order valence-electron chi connectivity index (χ0n) is 12.5. The number of benzene rings is 1. The van der Waals surface area contributed by atoms with Crippen LogP contribution in [0.1, 0.15) is 24.5 Å². The van der Waals surface area contributed by atoms with Crippen LogP contribution in [0.5, 0.6) is 0 Å². The molecule has 0 aliphatic heterocycles. The third kappa shape index (κ3) is 5.10. The van der Waals surface area contributed by atoms with Gasteiger partial charge in [0, 0.05) is 42.6 Å². The Morgan fingerprint density at radius 2 is 1.95 bits per heavy atom. The summed E-state index contributed by atoms with van der Waals surface area (Å²) >= 11 is 3.49. The number of nitrogens with zero attached hydrogens (tertiary/aromatic N) is 3. The molecule has 0 aliphatic rings. The summed E-state index contributed by atoms with van der Waals surface area (Å²) in [5.74, 6) is 0.745. The van der Waals surface area contributed by atoms with Gasteiger partial charge in [0.1, 0.15) is 0 Å². The number of rotatable bonds is 7. The molecule has 0 atom stereocenters. The van der Waals surface area contributed by atoms with Crippen LogP contribution in [-0.2, 0) is 13.1 Å². The molecule has 2 rings (SSSR count). The molecule has 0 radical (unpaired) electrons. The van der Waals surface area contributed by atoms with Crippen molar-refractivity contribution in [1.29, 1.82) is 0 Å². The summed E-state index contributed by atoms with van der Waals surface area (Å²) in [6.07, 6.45) is 4.92. The fourth-order valence-corrected chi connectivity index (χ4v) is 2.47. The van der Waals surface area contributed by atoms with Crippen molar-refractivity contribution >= 4 is 21.9 Å². The fourth-order valence-electron chi connectivity index (χ4n) is 2.03. The van der Waals surface area contributed by atoms with E-state index in [1.807, 2.05) is 36.5 Å². The Morgan fingerprint density at radius 3 is 2.62 bits per heavy atom. The van der Waals surface area contributed by atoms with Gasteiger partial charge in [-0.3, -0.25) is 0 Å². The molecule has 0 unspecified atom stereocenters. The van der Waals surface area contributed by atoms with Gasteiger partial charge >= 0.3 is 0 Å². The van der Waals surface area contributed by atoms with E-state index in [4.69, 9.17) is 0 Å². The van der Waals surface area contributed by atoms with Gasteiger partial charge in [-0.1, -0.05) is 35.0 Å². The van der Waals surface area contributed by atoms with E-state index in [0.29, 0.717) is 0 Å². The molecule has 4 nitrogen and oxygen atoms in total. The Labute approximate surface area is 134 Å². The third-order valence-corrected chi connectivity index (χ3v) is 3.59. The second-order valence-corrected chi connectivity index (χ2v) is 5.97. The highest BCUT2D eigenvalue weighted by Crippen LogP contribution is 2.15. The lowest BCUT2D eigenvalue weighted by Gasteiger charge is -2.17. The highest BCUT2D eigenvalue weighted by atomic mass is 79.9. The molecule has 0 saturated heterocycles. The summed E-state index contributed by atoms with van der Waals surface area (Å²) in [5.41, 5.74) is 2.34. The van der Waals surface area contributed by atoms with Crippen molar-refractivity contribution in [2.24, 2.45) is 0 Å². The molecule has 2 aromatic rings. The average molecular weight is 349 g/mol. The van der Waals surface area contributed by atoms with Gasteiger partial charge in [0.25, 0.3) is 0 Å². The van der Waals surface area contributed by atoms with Crippen LogP contribution in [-0.4, -0.2) is 23.6 Å². The van der Waals surface area contributed by atoms with Gasteiger partial charge < -0.3 is 10.2 Å². The first-order valence-corrected chi connectivity index (χ1v) is 7.95. The van der Waals surface area contributed by atoms with Crippen molar-refractivity contribution < 1.29 is 0 Å². The fraction of sp³-hybridized carbons (Fsp3) is 0.375. The lowest BCUT2D eigenvalue weighted by atomic mass is 10.2. The lowest BCUT2D eigenvalue weighted by molar-refractivity contribution is 0.671. The maximum Gasteiger partial charge on any atom is 0.225 e. The predicted molar refractivity (Wildman–Crippen MR) is 90.3 cm³/mol. The van der Waals surface area contributed by atoms with Crippen LogP contribution in [0.3, 0.4) is 0 Å². The molecule has 1 N–H and O–H groups in total. The number of anilines is 1. The summed E-state index contributed by atoms with van der Waals surface area (Å²) in [5, 5.41) is 3.35. The second-order valence-electron chi connectivity index (χ2n) is 5.05. The normalized spacial score (nSPS) is 10.6. The molecule has 112 valence electrons. The Bertz CT molecular complexity index is 556. The quantitative estimate of drug-likeness (QED) is 0.778. The van der Waals surface area contributed by atoms with Crippen molar-refractivity contribution in [2.75, 3.05) is 18.5 Å². The minimum absolute atomic E-state index is 0.745. The topological polar surface area (TPSA) is 41.1 Å². The summed E-state index contributed by atoms with van der Waals surface area (Å²) in [4.78, 5) is 10.9. The first kappa shape index (κ1) is 15.9. The van der Waals surface area contributed by atoms with E-state index in [2.05, 4.69) is 50.3 Å².